The predicted molar refractivity (Wildman–Crippen MR) is 113 cm³/mol. The van der Waals surface area contributed by atoms with Crippen LogP contribution in [0.5, 0.6) is 17.2 Å². The van der Waals surface area contributed by atoms with Crippen LogP contribution in [0.4, 0.5) is 22.7 Å². The third-order valence-corrected chi connectivity index (χ3v) is 5.85. The van der Waals surface area contributed by atoms with Crippen molar-refractivity contribution in [3.05, 3.63) is 70.8 Å². The maximum absolute atomic E-state index is 12.7. The molecule has 0 spiro atoms. The molecule has 1 aliphatic heterocycles. The van der Waals surface area contributed by atoms with E-state index in [2.05, 4.69) is 10.0 Å². The fourth-order valence-electron chi connectivity index (χ4n) is 2.94. The zero-order valence-electron chi connectivity index (χ0n) is 16.2. The smallest absolute Gasteiger partial charge is 0.294 e. The highest BCUT2D eigenvalue weighted by atomic mass is 32.2. The highest BCUT2D eigenvalue weighted by molar-refractivity contribution is 7.92. The summed E-state index contributed by atoms with van der Waals surface area (Å²) in [6.45, 7) is 0.104. The fraction of sp³-hybridized carbons (Fsp3) is 0.100. The van der Waals surface area contributed by atoms with Crippen molar-refractivity contribution >= 4 is 32.8 Å². The number of ether oxygens (including phenoxy) is 3. The van der Waals surface area contributed by atoms with Gasteiger partial charge in [0.05, 0.1) is 16.9 Å². The van der Waals surface area contributed by atoms with E-state index in [9.17, 15) is 18.5 Å². The lowest BCUT2D eigenvalue weighted by Crippen LogP contribution is -2.13. The Kier molecular flexibility index (Phi) is 5.26. The SMILES string of the molecule is COc1ccc(NS(=O)(=O)c2ccc(Nc3ccc4c(c3)OCO4)c([N+](=O)[O-])c2)cc1. The Balaban J connectivity index is 1.61. The first kappa shape index (κ1) is 20.3. The van der Waals surface area contributed by atoms with Crippen LogP contribution in [-0.2, 0) is 10.0 Å². The van der Waals surface area contributed by atoms with Crippen molar-refractivity contribution < 1.29 is 27.6 Å². The molecule has 0 fully saturated rings. The largest absolute Gasteiger partial charge is 0.497 e. The van der Waals surface area contributed by atoms with Crippen LogP contribution in [-0.4, -0.2) is 27.2 Å². The summed E-state index contributed by atoms with van der Waals surface area (Å²) in [7, 11) is -2.55. The van der Waals surface area contributed by atoms with Crippen LogP contribution in [0.15, 0.2) is 65.6 Å². The summed E-state index contributed by atoms with van der Waals surface area (Å²) in [5.74, 6) is 1.65. The predicted octanol–water partition coefficient (Wildman–Crippen LogP) is 3.88. The topological polar surface area (TPSA) is 129 Å². The van der Waals surface area contributed by atoms with Crippen LogP contribution < -0.4 is 24.2 Å². The summed E-state index contributed by atoms with van der Waals surface area (Å²) in [5, 5.41) is 14.5. The van der Waals surface area contributed by atoms with Crippen molar-refractivity contribution in [3.63, 3.8) is 0 Å². The normalized spacial score (nSPS) is 12.3. The van der Waals surface area contributed by atoms with Gasteiger partial charge in [0.2, 0.25) is 6.79 Å². The molecule has 4 rings (SSSR count). The van der Waals surface area contributed by atoms with Crippen molar-refractivity contribution in [3.8, 4) is 17.2 Å². The molecule has 0 aliphatic carbocycles. The van der Waals surface area contributed by atoms with E-state index in [4.69, 9.17) is 14.2 Å². The molecule has 0 aromatic heterocycles. The zero-order chi connectivity index (χ0) is 22.0. The molecule has 0 radical (unpaired) electrons. The van der Waals surface area contributed by atoms with E-state index in [-0.39, 0.29) is 17.4 Å². The highest BCUT2D eigenvalue weighted by Crippen LogP contribution is 2.37. The maximum atomic E-state index is 12.7. The Morgan fingerprint density at radius 2 is 1.68 bits per heavy atom. The first-order valence-corrected chi connectivity index (χ1v) is 10.5. The van der Waals surface area contributed by atoms with Crippen LogP contribution in [0.3, 0.4) is 0 Å². The quantitative estimate of drug-likeness (QED) is 0.416. The second kappa shape index (κ2) is 8.03. The third-order valence-electron chi connectivity index (χ3n) is 4.47. The van der Waals surface area contributed by atoms with Crippen LogP contribution in [0.2, 0.25) is 0 Å². The molecule has 0 saturated heterocycles. The van der Waals surface area contributed by atoms with E-state index >= 15 is 0 Å². The molecule has 0 unspecified atom stereocenters. The van der Waals surface area contributed by atoms with Gasteiger partial charge < -0.3 is 19.5 Å². The summed E-state index contributed by atoms with van der Waals surface area (Å²) >= 11 is 0. The van der Waals surface area contributed by atoms with E-state index in [0.29, 0.717) is 28.6 Å². The van der Waals surface area contributed by atoms with Gasteiger partial charge in [0, 0.05) is 23.5 Å². The number of methoxy groups -OCH3 is 1. The summed E-state index contributed by atoms with van der Waals surface area (Å²) < 4.78 is 43.4. The molecule has 3 aromatic carbocycles. The number of nitro groups is 1. The second-order valence-corrected chi connectivity index (χ2v) is 8.15. The molecule has 0 amide bonds. The standard InChI is InChI=1S/C20H17N3O7S/c1-28-15-5-2-13(3-6-15)22-31(26,27)16-7-8-17(18(11-16)23(24)25)21-14-4-9-19-20(10-14)30-12-29-19/h2-11,21-22H,12H2,1H3. The Morgan fingerprint density at radius 3 is 2.39 bits per heavy atom. The van der Waals surface area contributed by atoms with Crippen molar-refractivity contribution in [2.45, 2.75) is 4.90 Å². The fourth-order valence-corrected chi connectivity index (χ4v) is 4.02. The second-order valence-electron chi connectivity index (χ2n) is 6.46. The van der Waals surface area contributed by atoms with Crippen molar-refractivity contribution in [1.82, 2.24) is 0 Å². The van der Waals surface area contributed by atoms with E-state index < -0.39 is 20.6 Å². The number of hydrogen-bond donors (Lipinski definition) is 2. The number of nitrogens with zero attached hydrogens (tertiary/aromatic N) is 1. The van der Waals surface area contributed by atoms with Crippen LogP contribution in [0.1, 0.15) is 0 Å². The first-order valence-electron chi connectivity index (χ1n) is 8.98. The zero-order valence-corrected chi connectivity index (χ0v) is 17.0. The number of benzene rings is 3. The minimum Gasteiger partial charge on any atom is -0.497 e. The lowest BCUT2D eigenvalue weighted by Gasteiger charge is -2.11. The maximum Gasteiger partial charge on any atom is 0.294 e. The number of fused-ring (bicyclic) bond motifs is 1. The van der Waals surface area contributed by atoms with E-state index in [0.717, 1.165) is 6.07 Å². The average Bonchev–Trinajstić information content (AvgIpc) is 3.22. The van der Waals surface area contributed by atoms with Crippen LogP contribution in [0.25, 0.3) is 0 Å². The van der Waals surface area contributed by atoms with Gasteiger partial charge in [-0.15, -0.1) is 0 Å². The van der Waals surface area contributed by atoms with Gasteiger partial charge >= 0.3 is 0 Å². The van der Waals surface area contributed by atoms with Crippen molar-refractivity contribution in [1.29, 1.82) is 0 Å². The molecule has 31 heavy (non-hydrogen) atoms. The molecular weight excluding hydrogens is 426 g/mol. The Labute approximate surface area is 177 Å². The van der Waals surface area contributed by atoms with Gasteiger partial charge in [0.15, 0.2) is 11.5 Å². The molecule has 11 heteroatoms. The van der Waals surface area contributed by atoms with E-state index in [1.54, 1.807) is 30.3 Å². The van der Waals surface area contributed by atoms with Gasteiger partial charge in [0.1, 0.15) is 11.4 Å². The summed E-state index contributed by atoms with van der Waals surface area (Å²) in [6, 6.07) is 14.9. The first-order chi connectivity index (χ1) is 14.9. The minimum absolute atomic E-state index is 0.104. The Hall–Kier alpha value is -3.99. The van der Waals surface area contributed by atoms with Gasteiger partial charge in [-0.1, -0.05) is 0 Å². The monoisotopic (exact) mass is 443 g/mol. The van der Waals surface area contributed by atoms with Crippen LogP contribution >= 0.6 is 0 Å². The summed E-state index contributed by atoms with van der Waals surface area (Å²) in [6.07, 6.45) is 0. The molecule has 0 atom stereocenters. The van der Waals surface area contributed by atoms with Gasteiger partial charge in [0.25, 0.3) is 15.7 Å². The van der Waals surface area contributed by atoms with Crippen LogP contribution in [0, 0.1) is 10.1 Å². The molecule has 10 nitrogen and oxygen atoms in total. The third kappa shape index (κ3) is 4.31. The number of nitrogens with one attached hydrogen (secondary N) is 2. The molecular formula is C20H17N3O7S. The van der Waals surface area contributed by atoms with Gasteiger partial charge in [-0.05, 0) is 48.5 Å². The molecule has 0 bridgehead atoms. The minimum atomic E-state index is -4.05. The number of nitro benzene ring substituents is 1. The molecule has 1 aliphatic rings. The lowest BCUT2D eigenvalue weighted by molar-refractivity contribution is -0.384. The van der Waals surface area contributed by atoms with Crippen molar-refractivity contribution in [2.24, 2.45) is 0 Å². The number of rotatable bonds is 7. The van der Waals surface area contributed by atoms with Gasteiger partial charge in [-0.3, -0.25) is 14.8 Å². The number of hydrogen-bond acceptors (Lipinski definition) is 8. The Bertz CT molecular complexity index is 1240. The molecule has 2 N–H and O–H groups in total. The Morgan fingerprint density at radius 1 is 0.968 bits per heavy atom. The van der Waals surface area contributed by atoms with Gasteiger partial charge in [-0.25, -0.2) is 8.42 Å². The van der Waals surface area contributed by atoms with Gasteiger partial charge in [-0.2, -0.15) is 0 Å². The van der Waals surface area contributed by atoms with E-state index in [1.165, 1.54) is 31.4 Å². The molecule has 0 saturated carbocycles. The molecule has 1 heterocycles. The van der Waals surface area contributed by atoms with E-state index in [1.807, 2.05) is 0 Å². The average molecular weight is 443 g/mol. The lowest BCUT2D eigenvalue weighted by atomic mass is 10.2. The number of anilines is 3. The molecule has 3 aromatic rings. The molecule has 160 valence electrons. The summed E-state index contributed by atoms with van der Waals surface area (Å²) in [5.41, 5.74) is 0.563. The number of sulfonamides is 1. The van der Waals surface area contributed by atoms with Crippen molar-refractivity contribution in [2.75, 3.05) is 23.9 Å². The summed E-state index contributed by atoms with van der Waals surface area (Å²) in [4.78, 5) is 10.7. The highest BCUT2D eigenvalue weighted by Gasteiger charge is 2.22.